The van der Waals surface area contributed by atoms with Gasteiger partial charge >= 0.3 is 6.18 Å². The van der Waals surface area contributed by atoms with E-state index in [0.29, 0.717) is 26.2 Å². The van der Waals surface area contributed by atoms with Crippen LogP contribution in [0.5, 0.6) is 0 Å². The SMILES string of the molecule is COC1(CNC(C)CCCC(F)(F)F)CCOC1. The molecule has 18 heavy (non-hydrogen) atoms. The maximum Gasteiger partial charge on any atom is 0.389 e. The van der Waals surface area contributed by atoms with Gasteiger partial charge in [0.05, 0.1) is 6.61 Å². The molecule has 1 saturated heterocycles. The van der Waals surface area contributed by atoms with Gasteiger partial charge in [-0.15, -0.1) is 0 Å². The Morgan fingerprint density at radius 3 is 2.67 bits per heavy atom. The molecule has 0 aliphatic carbocycles. The number of methoxy groups -OCH3 is 1. The summed E-state index contributed by atoms with van der Waals surface area (Å²) >= 11 is 0. The summed E-state index contributed by atoms with van der Waals surface area (Å²) in [5, 5.41) is 3.23. The van der Waals surface area contributed by atoms with Gasteiger partial charge in [0.25, 0.3) is 0 Å². The van der Waals surface area contributed by atoms with E-state index in [2.05, 4.69) is 5.32 Å². The summed E-state index contributed by atoms with van der Waals surface area (Å²) in [7, 11) is 1.64. The summed E-state index contributed by atoms with van der Waals surface area (Å²) in [5.41, 5.74) is -0.307. The predicted molar refractivity (Wildman–Crippen MR) is 62.5 cm³/mol. The first kappa shape index (κ1) is 15.7. The van der Waals surface area contributed by atoms with Crippen molar-refractivity contribution in [1.29, 1.82) is 0 Å². The Morgan fingerprint density at radius 2 is 2.17 bits per heavy atom. The second-order valence-corrected chi connectivity index (χ2v) is 4.98. The molecular weight excluding hydrogens is 247 g/mol. The van der Waals surface area contributed by atoms with Crippen molar-refractivity contribution in [1.82, 2.24) is 5.32 Å². The van der Waals surface area contributed by atoms with E-state index in [-0.39, 0.29) is 18.1 Å². The predicted octanol–water partition coefficient (Wildman–Crippen LogP) is 2.50. The molecule has 1 heterocycles. The van der Waals surface area contributed by atoms with Crippen molar-refractivity contribution in [2.75, 3.05) is 26.9 Å². The Kier molecular flexibility index (Phi) is 5.88. The van der Waals surface area contributed by atoms with E-state index in [4.69, 9.17) is 9.47 Å². The minimum Gasteiger partial charge on any atom is -0.378 e. The maximum atomic E-state index is 12.0. The van der Waals surface area contributed by atoms with E-state index in [9.17, 15) is 13.2 Å². The molecule has 0 aromatic rings. The molecule has 1 N–H and O–H groups in total. The normalized spacial score (nSPS) is 26.5. The lowest BCUT2D eigenvalue weighted by atomic mass is 10.0. The number of halogens is 3. The lowest BCUT2D eigenvalue weighted by Gasteiger charge is -2.28. The first-order valence-electron chi connectivity index (χ1n) is 6.30. The average molecular weight is 269 g/mol. The van der Waals surface area contributed by atoms with E-state index < -0.39 is 12.6 Å². The summed E-state index contributed by atoms with van der Waals surface area (Å²) in [6, 6.07) is 0.0555. The van der Waals surface area contributed by atoms with Gasteiger partial charge in [0, 0.05) is 39.1 Å². The topological polar surface area (TPSA) is 30.5 Å². The van der Waals surface area contributed by atoms with Gasteiger partial charge in [-0.1, -0.05) is 0 Å². The van der Waals surface area contributed by atoms with Crippen molar-refractivity contribution in [3.05, 3.63) is 0 Å². The molecule has 0 bridgehead atoms. The molecule has 0 amide bonds. The molecule has 0 spiro atoms. The van der Waals surface area contributed by atoms with Gasteiger partial charge < -0.3 is 14.8 Å². The number of hydrogen-bond donors (Lipinski definition) is 1. The van der Waals surface area contributed by atoms with Gasteiger partial charge in [0.15, 0.2) is 0 Å². The third-order valence-electron chi connectivity index (χ3n) is 3.37. The molecule has 2 unspecified atom stereocenters. The summed E-state index contributed by atoms with van der Waals surface area (Å²) < 4.78 is 46.7. The largest absolute Gasteiger partial charge is 0.389 e. The number of alkyl halides is 3. The highest BCUT2D eigenvalue weighted by Gasteiger charge is 2.35. The van der Waals surface area contributed by atoms with E-state index in [1.54, 1.807) is 7.11 Å². The van der Waals surface area contributed by atoms with E-state index >= 15 is 0 Å². The number of nitrogens with one attached hydrogen (secondary N) is 1. The van der Waals surface area contributed by atoms with Crippen LogP contribution in [-0.2, 0) is 9.47 Å². The molecule has 2 atom stereocenters. The number of rotatable bonds is 7. The fourth-order valence-electron chi connectivity index (χ4n) is 2.03. The third-order valence-corrected chi connectivity index (χ3v) is 3.37. The van der Waals surface area contributed by atoms with Crippen LogP contribution in [-0.4, -0.2) is 44.7 Å². The zero-order valence-corrected chi connectivity index (χ0v) is 11.0. The molecule has 1 aliphatic heterocycles. The number of ether oxygens (including phenoxy) is 2. The van der Waals surface area contributed by atoms with Crippen LogP contribution in [0.25, 0.3) is 0 Å². The molecule has 1 fully saturated rings. The molecule has 1 rings (SSSR count). The van der Waals surface area contributed by atoms with Crippen molar-refractivity contribution in [3.8, 4) is 0 Å². The van der Waals surface area contributed by atoms with Crippen LogP contribution < -0.4 is 5.32 Å². The first-order valence-corrected chi connectivity index (χ1v) is 6.30. The fourth-order valence-corrected chi connectivity index (χ4v) is 2.03. The minimum absolute atomic E-state index is 0.0555. The van der Waals surface area contributed by atoms with Gasteiger partial charge in [0.2, 0.25) is 0 Å². The van der Waals surface area contributed by atoms with Crippen LogP contribution in [0.15, 0.2) is 0 Å². The lowest BCUT2D eigenvalue weighted by molar-refractivity contribution is -0.135. The lowest BCUT2D eigenvalue weighted by Crippen LogP contribution is -2.45. The second kappa shape index (κ2) is 6.73. The first-order chi connectivity index (χ1) is 8.37. The molecule has 3 nitrogen and oxygen atoms in total. The van der Waals surface area contributed by atoms with Crippen LogP contribution >= 0.6 is 0 Å². The van der Waals surface area contributed by atoms with Gasteiger partial charge in [-0.25, -0.2) is 0 Å². The Balaban J connectivity index is 2.18. The Morgan fingerprint density at radius 1 is 1.44 bits per heavy atom. The van der Waals surface area contributed by atoms with Gasteiger partial charge in [-0.3, -0.25) is 0 Å². The Hall–Kier alpha value is -0.330. The quantitative estimate of drug-likeness (QED) is 0.770. The van der Waals surface area contributed by atoms with Gasteiger partial charge in [-0.05, 0) is 19.8 Å². The smallest absolute Gasteiger partial charge is 0.378 e. The molecular formula is C12H22F3NO2. The van der Waals surface area contributed by atoms with E-state index in [1.807, 2.05) is 6.92 Å². The fraction of sp³-hybridized carbons (Fsp3) is 1.00. The van der Waals surface area contributed by atoms with E-state index in [0.717, 1.165) is 6.42 Å². The minimum atomic E-state index is -4.05. The zero-order chi connectivity index (χ0) is 13.6. The summed E-state index contributed by atoms with van der Waals surface area (Å²) in [4.78, 5) is 0. The highest BCUT2D eigenvalue weighted by molar-refractivity contribution is 4.87. The Bertz CT molecular complexity index is 240. The molecule has 108 valence electrons. The maximum absolute atomic E-state index is 12.0. The van der Waals surface area contributed by atoms with Crippen molar-refractivity contribution >= 4 is 0 Å². The van der Waals surface area contributed by atoms with Crippen molar-refractivity contribution in [2.45, 2.75) is 50.4 Å². The van der Waals surface area contributed by atoms with Crippen molar-refractivity contribution < 1.29 is 22.6 Å². The van der Waals surface area contributed by atoms with E-state index in [1.165, 1.54) is 0 Å². The molecule has 6 heteroatoms. The monoisotopic (exact) mass is 269 g/mol. The molecule has 0 aromatic heterocycles. The highest BCUT2D eigenvalue weighted by Crippen LogP contribution is 2.24. The molecule has 1 aliphatic rings. The van der Waals surface area contributed by atoms with Crippen LogP contribution in [0.1, 0.15) is 32.6 Å². The summed E-state index contributed by atoms with van der Waals surface area (Å²) in [6.07, 6.45) is -3.26. The highest BCUT2D eigenvalue weighted by atomic mass is 19.4. The summed E-state index contributed by atoms with van der Waals surface area (Å²) in [6.45, 7) is 3.75. The van der Waals surface area contributed by atoms with Crippen LogP contribution in [0, 0.1) is 0 Å². The molecule has 0 radical (unpaired) electrons. The van der Waals surface area contributed by atoms with Gasteiger partial charge in [-0.2, -0.15) is 13.2 Å². The molecule has 0 aromatic carbocycles. The number of hydrogen-bond acceptors (Lipinski definition) is 3. The van der Waals surface area contributed by atoms with Crippen LogP contribution in [0.4, 0.5) is 13.2 Å². The van der Waals surface area contributed by atoms with Gasteiger partial charge in [0.1, 0.15) is 5.60 Å². The molecule has 0 saturated carbocycles. The second-order valence-electron chi connectivity index (χ2n) is 4.98. The standard InChI is InChI=1S/C12H22F3NO2/c1-10(4-3-5-12(13,14)15)16-8-11(17-2)6-7-18-9-11/h10,16H,3-9H2,1-2H3. The van der Waals surface area contributed by atoms with Crippen LogP contribution in [0.3, 0.4) is 0 Å². The average Bonchev–Trinajstić information content (AvgIpc) is 2.74. The van der Waals surface area contributed by atoms with Crippen LogP contribution in [0.2, 0.25) is 0 Å². The van der Waals surface area contributed by atoms with Crippen molar-refractivity contribution in [3.63, 3.8) is 0 Å². The zero-order valence-electron chi connectivity index (χ0n) is 11.0. The van der Waals surface area contributed by atoms with Crippen molar-refractivity contribution in [2.24, 2.45) is 0 Å². The summed E-state index contributed by atoms with van der Waals surface area (Å²) in [5.74, 6) is 0. The Labute approximate surface area is 106 Å². The third kappa shape index (κ3) is 5.54.